The van der Waals surface area contributed by atoms with Crippen LogP contribution in [0.1, 0.15) is 111 Å². The van der Waals surface area contributed by atoms with Crippen LogP contribution in [-0.2, 0) is 83.4 Å². The predicted molar refractivity (Wildman–Crippen MR) is 322 cm³/mol. The second kappa shape index (κ2) is 33.0. The van der Waals surface area contributed by atoms with Gasteiger partial charge in [0.25, 0.3) is 5.69 Å². The van der Waals surface area contributed by atoms with Crippen molar-refractivity contribution < 1.29 is 85.4 Å². The van der Waals surface area contributed by atoms with Crippen LogP contribution in [0.2, 0.25) is 0 Å². The van der Waals surface area contributed by atoms with Gasteiger partial charge in [0.05, 0.1) is 41.7 Å². The first-order valence-electron chi connectivity index (χ1n) is 29.7. The van der Waals surface area contributed by atoms with E-state index in [-0.39, 0.29) is 29.7 Å². The van der Waals surface area contributed by atoms with Crippen molar-refractivity contribution in [2.75, 3.05) is 32.0 Å². The number of nitrogens with one attached hydrogen (secondary N) is 8. The number of sulfonamides is 1. The van der Waals surface area contributed by atoms with Gasteiger partial charge in [0, 0.05) is 61.9 Å². The van der Waals surface area contributed by atoms with Gasteiger partial charge in [-0.15, -0.1) is 11.8 Å². The minimum absolute atomic E-state index is 0.190. The smallest absolute Gasteiger partial charge is 0.326 e. The summed E-state index contributed by atoms with van der Waals surface area (Å²) in [6.45, 7) is 4.39. The number of carboxylic acids is 1. The summed E-state index contributed by atoms with van der Waals surface area (Å²) in [6.07, 6.45) is 3.23. The van der Waals surface area contributed by atoms with Crippen molar-refractivity contribution in [3.8, 4) is 0 Å². The van der Waals surface area contributed by atoms with Gasteiger partial charge in [-0.05, 0) is 36.5 Å². The van der Waals surface area contributed by atoms with E-state index >= 15 is 4.79 Å². The van der Waals surface area contributed by atoms with Crippen molar-refractivity contribution >= 4 is 104 Å². The molecule has 1 aromatic heterocycles. The summed E-state index contributed by atoms with van der Waals surface area (Å²) in [5.74, 6) is -13.5. The number of amides is 8. The summed E-state index contributed by atoms with van der Waals surface area (Å²) in [5, 5.41) is 38.1. The fourth-order valence-electron chi connectivity index (χ4n) is 10.9. The number of esters is 2. The van der Waals surface area contributed by atoms with E-state index in [4.69, 9.17) is 19.9 Å². The van der Waals surface area contributed by atoms with E-state index in [9.17, 15) is 71.6 Å². The molecule has 2 fully saturated rings. The molecule has 32 heteroatoms. The third kappa shape index (κ3) is 19.9. The zero-order chi connectivity index (χ0) is 66.0. The van der Waals surface area contributed by atoms with Crippen molar-refractivity contribution in [1.29, 1.82) is 0 Å². The van der Waals surface area contributed by atoms with E-state index in [0.717, 1.165) is 81.2 Å². The number of hydrogen-bond acceptors (Lipinski definition) is 19. The molecule has 3 unspecified atom stereocenters. The molecule has 492 valence electrons. The Labute approximate surface area is 523 Å². The minimum Gasteiger partial charge on any atom is -0.480 e. The quantitative estimate of drug-likeness (QED) is 0.0402. The van der Waals surface area contributed by atoms with Crippen LogP contribution < -0.4 is 42.4 Å². The highest BCUT2D eigenvalue weighted by Crippen LogP contribution is 2.33. The van der Waals surface area contributed by atoms with Gasteiger partial charge in [0.15, 0.2) is 4.90 Å². The zero-order valence-corrected chi connectivity index (χ0v) is 52.2. The highest BCUT2D eigenvalue weighted by Gasteiger charge is 2.46. The van der Waals surface area contributed by atoms with Gasteiger partial charge in [-0.1, -0.05) is 96.0 Å². The lowest BCUT2D eigenvalue weighted by molar-refractivity contribution is -0.387. The lowest BCUT2D eigenvalue weighted by Crippen LogP contribution is -2.60. The number of H-pyrrole nitrogens is 1. The van der Waals surface area contributed by atoms with E-state index in [1.807, 2.05) is 0 Å². The Balaban J connectivity index is 1.38. The molecule has 6 rings (SSSR count). The number of carbonyl (C=O) groups excluding carboxylic acids is 10. The first kappa shape index (κ1) is 70.9. The molecule has 11 N–H and O–H groups in total. The number of aromatic nitrogens is 1. The summed E-state index contributed by atoms with van der Waals surface area (Å²) in [5.41, 5.74) is 5.62. The number of thioether (sulfide) groups is 1. The summed E-state index contributed by atoms with van der Waals surface area (Å²) in [7, 11) is -4.92. The number of primary amides is 1. The number of aliphatic carboxylic acids is 1. The van der Waals surface area contributed by atoms with Crippen molar-refractivity contribution in [3.05, 3.63) is 64.2 Å². The average molecular weight is 1300 g/mol. The Kier molecular flexibility index (Phi) is 26.0. The molecule has 3 aliphatic rings. The number of aromatic amines is 1. The molecule has 1 aliphatic carbocycles. The molecule has 0 radical (unpaired) electrons. The SMILES string of the molecule is CC[C@H](C)[C@@H]1NC(=O)CNC(=O)C(NS(=O)(=O)c2ccccc2[N+](=O)[O-])Cc2c([nH]c3ccccc23)SCC(C(=O)NC(CC(N)=O)C(=O)N2C[C@H](OC3CCCCCCCC3)C[C@H]2C(=O)N[C@H](C(=O)O)[C@@H](C)[C@H](COC(C)=O)OC(C)=O)NC(=O)CNC1=O. The maximum atomic E-state index is 15.2. The molecular weight excluding hydrogens is 1220 g/mol. The van der Waals surface area contributed by atoms with Gasteiger partial charge >= 0.3 is 17.9 Å². The summed E-state index contributed by atoms with van der Waals surface area (Å²) in [6, 6.07) is 0.918. The second-order valence-corrected chi connectivity index (χ2v) is 25.3. The largest absolute Gasteiger partial charge is 0.480 e. The Bertz CT molecular complexity index is 3260. The van der Waals surface area contributed by atoms with Gasteiger partial charge in [0.1, 0.15) is 49.0 Å². The number of carboxylic acid groups (broad SMARTS) is 1. The molecule has 0 spiro atoms. The van der Waals surface area contributed by atoms with E-state index in [2.05, 4.69) is 41.6 Å². The molecule has 2 aliphatic heterocycles. The predicted octanol–water partition coefficient (Wildman–Crippen LogP) is 0.869. The van der Waals surface area contributed by atoms with Gasteiger partial charge in [-0.25, -0.2) is 13.2 Å². The van der Waals surface area contributed by atoms with Crippen molar-refractivity contribution in [1.82, 2.24) is 46.5 Å². The number of hydrogen-bond donors (Lipinski definition) is 10. The number of nitro groups is 1. The van der Waals surface area contributed by atoms with E-state index in [1.165, 1.54) is 19.1 Å². The van der Waals surface area contributed by atoms with Crippen LogP contribution in [0.25, 0.3) is 10.9 Å². The maximum Gasteiger partial charge on any atom is 0.326 e. The Hall–Kier alpha value is -8.23. The Morgan fingerprint density at radius 3 is 2.11 bits per heavy atom. The number of benzene rings is 2. The standard InChI is InChI=1S/C58H79N11O19S2/c1-6-31(2)50-55(78)61-26-48(73)62-42(30-89-56-38(37-19-13-14-20-39(37)64-56)24-40(52(75)60-27-49(74)65-50)67-90(84,85)46-22-16-15-21-43(46)69(82)83)53(76)63-41(25-47(59)72)57(79)68-28-36(88-35-17-11-9-7-8-10-12-18-35)23-44(68)54(77)66-51(58(80)81)32(3)45(87-34(5)71)29-86-33(4)70/h13-16,19-22,31-32,35-36,40-42,44-45,50-51,64,67H,6-12,17-18,23-30H2,1-5H3,(H2,59,72)(H,60,75)(H,61,78)(H,62,73)(H,63,76)(H,65,74)(H,66,77)(H,80,81)/t31-,32-,36+,40?,41?,42?,44-,45-,50-,51-/m0/s1. The molecule has 1 saturated heterocycles. The molecule has 8 amide bonds. The first-order valence-corrected chi connectivity index (χ1v) is 32.1. The van der Waals surface area contributed by atoms with Gasteiger partial charge < -0.3 is 66.8 Å². The molecule has 1 saturated carbocycles. The number of nitrogens with zero attached hydrogens (tertiary/aromatic N) is 2. The van der Waals surface area contributed by atoms with Gasteiger partial charge in [-0.2, -0.15) is 4.72 Å². The lowest BCUT2D eigenvalue weighted by Gasteiger charge is -2.32. The number of ether oxygens (including phenoxy) is 3. The highest BCUT2D eigenvalue weighted by atomic mass is 32.2. The van der Waals surface area contributed by atoms with Crippen LogP contribution in [-0.4, -0.2) is 180 Å². The second-order valence-electron chi connectivity index (χ2n) is 22.6. The fourth-order valence-corrected chi connectivity index (χ4v) is 13.4. The topological polar surface area (TPSA) is 442 Å². The number of rotatable bonds is 21. The minimum atomic E-state index is -4.92. The summed E-state index contributed by atoms with van der Waals surface area (Å²) < 4.78 is 47.5. The molecule has 10 atom stereocenters. The first-order chi connectivity index (χ1) is 42.7. The van der Waals surface area contributed by atoms with Crippen molar-refractivity contribution in [3.63, 3.8) is 0 Å². The van der Waals surface area contributed by atoms with Crippen molar-refractivity contribution in [2.45, 2.75) is 176 Å². The van der Waals surface area contributed by atoms with Gasteiger partial charge in [-0.3, -0.25) is 58.1 Å². The molecule has 3 aromatic rings. The van der Waals surface area contributed by atoms with Crippen LogP contribution in [0.15, 0.2) is 58.5 Å². The maximum absolute atomic E-state index is 15.2. The Morgan fingerprint density at radius 1 is 0.844 bits per heavy atom. The van der Waals surface area contributed by atoms with E-state index in [1.54, 1.807) is 38.1 Å². The third-order valence-electron chi connectivity index (χ3n) is 15.9. The Morgan fingerprint density at radius 2 is 1.48 bits per heavy atom. The molecule has 0 bridgehead atoms. The number of fused-ring (bicyclic) bond motifs is 3. The molecule has 2 aromatic carbocycles. The summed E-state index contributed by atoms with van der Waals surface area (Å²) >= 11 is 0.869. The zero-order valence-electron chi connectivity index (χ0n) is 50.6. The van der Waals surface area contributed by atoms with Crippen molar-refractivity contribution in [2.24, 2.45) is 17.6 Å². The van der Waals surface area contributed by atoms with Gasteiger partial charge in [0.2, 0.25) is 57.3 Å². The lowest BCUT2D eigenvalue weighted by atomic mass is 9.95. The van der Waals surface area contributed by atoms with Crippen LogP contribution >= 0.6 is 11.8 Å². The van der Waals surface area contributed by atoms with Crippen LogP contribution in [0.4, 0.5) is 5.69 Å². The number of para-hydroxylation sites is 2. The number of nitro benzene ring substituents is 1. The molecular formula is C58H79N11O19S2. The van der Waals surface area contributed by atoms with E-state index < -0.39 is 189 Å². The number of likely N-dealkylation sites (tertiary alicyclic amines) is 1. The molecule has 30 nitrogen and oxygen atoms in total. The normalized spacial score (nSPS) is 22.0. The monoisotopic (exact) mass is 1300 g/mol. The third-order valence-corrected chi connectivity index (χ3v) is 18.5. The average Bonchev–Trinajstić information content (AvgIpc) is 1.61. The molecule has 90 heavy (non-hydrogen) atoms. The fraction of sp³-hybridized carbons (Fsp3) is 0.569. The van der Waals surface area contributed by atoms with E-state index in [0.29, 0.717) is 30.2 Å². The van der Waals surface area contributed by atoms with Crippen LogP contribution in [0, 0.1) is 22.0 Å². The highest BCUT2D eigenvalue weighted by molar-refractivity contribution is 7.99. The van der Waals surface area contributed by atoms with Crippen LogP contribution in [0.5, 0.6) is 0 Å². The van der Waals surface area contributed by atoms with Crippen LogP contribution in [0.3, 0.4) is 0 Å². The number of carbonyl (C=O) groups is 11. The summed E-state index contributed by atoms with van der Waals surface area (Å²) in [4.78, 5) is 165. The number of nitrogens with two attached hydrogens (primary N) is 1. The molecule has 3 heterocycles.